The number of rotatable bonds is 6. The molecule has 1 aromatic heterocycles. The third kappa shape index (κ3) is 5.34. The number of carbonyl (C=O) groups is 1. The van der Waals surface area contributed by atoms with E-state index in [1.807, 2.05) is 0 Å². The van der Waals surface area contributed by atoms with Gasteiger partial charge in [0.15, 0.2) is 0 Å². The maximum atomic E-state index is 11.7. The number of hydrogen-bond acceptors (Lipinski definition) is 4. The van der Waals surface area contributed by atoms with Crippen LogP contribution in [0.2, 0.25) is 0 Å². The van der Waals surface area contributed by atoms with Crippen molar-refractivity contribution in [2.75, 3.05) is 12.8 Å². The van der Waals surface area contributed by atoms with E-state index in [0.29, 0.717) is 12.3 Å². The largest absolute Gasteiger partial charge is 0.467 e. The lowest BCUT2D eigenvalue weighted by atomic mass is 10.1. The van der Waals surface area contributed by atoms with Gasteiger partial charge in [-0.05, 0) is 32.9 Å². The molecule has 20 heavy (non-hydrogen) atoms. The highest BCUT2D eigenvalue weighted by Gasteiger charge is 2.29. The van der Waals surface area contributed by atoms with Gasteiger partial charge >= 0.3 is 0 Å². The molecule has 0 radical (unpaired) electrons. The van der Waals surface area contributed by atoms with Crippen LogP contribution in [0.5, 0.6) is 0 Å². The fourth-order valence-electron chi connectivity index (χ4n) is 1.89. The molecule has 0 aromatic carbocycles. The predicted molar refractivity (Wildman–Crippen MR) is 76.5 cm³/mol. The lowest BCUT2D eigenvalue weighted by Gasteiger charge is -2.33. The zero-order valence-electron chi connectivity index (χ0n) is 12.3. The van der Waals surface area contributed by atoms with Crippen LogP contribution in [0.25, 0.3) is 0 Å². The Morgan fingerprint density at radius 1 is 1.40 bits per heavy atom. The van der Waals surface area contributed by atoms with Crippen LogP contribution in [0.4, 0.5) is 0 Å². The summed E-state index contributed by atoms with van der Waals surface area (Å²) in [6.07, 6.45) is 2.80. The van der Waals surface area contributed by atoms with Crippen molar-refractivity contribution < 1.29 is 17.6 Å². The second-order valence-electron chi connectivity index (χ2n) is 5.61. The molecule has 1 aromatic rings. The summed E-state index contributed by atoms with van der Waals surface area (Å²) in [5, 5.41) is 2.69. The van der Waals surface area contributed by atoms with Crippen molar-refractivity contribution in [1.82, 2.24) is 9.62 Å². The van der Waals surface area contributed by atoms with Gasteiger partial charge in [-0.3, -0.25) is 4.79 Å². The van der Waals surface area contributed by atoms with Crippen LogP contribution >= 0.6 is 0 Å². The minimum atomic E-state index is -3.34. The van der Waals surface area contributed by atoms with Crippen molar-refractivity contribution in [1.29, 1.82) is 0 Å². The van der Waals surface area contributed by atoms with Gasteiger partial charge in [-0.15, -0.1) is 0 Å². The molecule has 0 aliphatic rings. The molecule has 114 valence electrons. The first-order valence-electron chi connectivity index (χ1n) is 6.37. The monoisotopic (exact) mass is 302 g/mol. The Morgan fingerprint density at radius 3 is 2.50 bits per heavy atom. The second-order valence-corrected chi connectivity index (χ2v) is 7.52. The first-order valence-corrected chi connectivity index (χ1v) is 8.22. The van der Waals surface area contributed by atoms with Crippen molar-refractivity contribution in [2.45, 2.75) is 39.3 Å². The molecule has 0 bridgehead atoms. The van der Waals surface area contributed by atoms with Crippen LogP contribution in [-0.4, -0.2) is 37.0 Å². The summed E-state index contributed by atoms with van der Waals surface area (Å²) in [6.45, 7) is 5.87. The van der Waals surface area contributed by atoms with Crippen LogP contribution in [0.1, 0.15) is 33.0 Å². The summed E-state index contributed by atoms with van der Waals surface area (Å²) in [5.74, 6) is 0.452. The van der Waals surface area contributed by atoms with E-state index in [-0.39, 0.29) is 18.9 Å². The summed E-state index contributed by atoms with van der Waals surface area (Å²) in [5.41, 5.74) is -0.547. The zero-order chi connectivity index (χ0) is 15.4. The van der Waals surface area contributed by atoms with Crippen LogP contribution in [0.15, 0.2) is 22.8 Å². The standard InChI is InChI=1S/C13H22N2O4S/c1-13(2,3)15(20(4,17)18)8-7-12(16)14-10-11-6-5-9-19-11/h5-6,9H,7-8,10H2,1-4H3,(H,14,16). The summed E-state index contributed by atoms with van der Waals surface area (Å²) in [4.78, 5) is 11.7. The van der Waals surface area contributed by atoms with E-state index in [1.165, 1.54) is 10.6 Å². The molecule has 0 saturated carbocycles. The van der Waals surface area contributed by atoms with Crippen molar-refractivity contribution in [2.24, 2.45) is 0 Å². The lowest BCUT2D eigenvalue weighted by molar-refractivity contribution is -0.121. The molecule has 0 atom stereocenters. The normalized spacial score (nSPS) is 12.7. The van der Waals surface area contributed by atoms with Crippen LogP contribution in [0, 0.1) is 0 Å². The topological polar surface area (TPSA) is 79.6 Å². The number of amides is 1. The van der Waals surface area contributed by atoms with Crippen molar-refractivity contribution >= 4 is 15.9 Å². The smallest absolute Gasteiger partial charge is 0.221 e. The number of furan rings is 1. The summed E-state index contributed by atoms with van der Waals surface area (Å²) >= 11 is 0. The highest BCUT2D eigenvalue weighted by atomic mass is 32.2. The predicted octanol–water partition coefficient (Wildman–Crippen LogP) is 1.35. The number of nitrogens with one attached hydrogen (secondary N) is 1. The van der Waals surface area contributed by atoms with E-state index in [2.05, 4.69) is 5.32 Å². The van der Waals surface area contributed by atoms with Gasteiger partial charge in [0, 0.05) is 18.5 Å². The van der Waals surface area contributed by atoms with E-state index in [1.54, 1.807) is 32.9 Å². The Hall–Kier alpha value is -1.34. The first-order chi connectivity index (χ1) is 9.10. The SMILES string of the molecule is CC(C)(C)N(CCC(=O)NCc1ccco1)S(C)(=O)=O. The van der Waals surface area contributed by atoms with Gasteiger partial charge in [-0.2, -0.15) is 4.31 Å². The van der Waals surface area contributed by atoms with Gasteiger partial charge in [0.25, 0.3) is 0 Å². The molecule has 0 saturated heterocycles. The van der Waals surface area contributed by atoms with Gasteiger partial charge in [0.1, 0.15) is 5.76 Å². The second kappa shape index (κ2) is 6.41. The van der Waals surface area contributed by atoms with Gasteiger partial charge in [0.05, 0.1) is 19.1 Å². The molecular weight excluding hydrogens is 280 g/mol. The average molecular weight is 302 g/mol. The third-order valence-corrected chi connectivity index (χ3v) is 4.26. The fraction of sp³-hybridized carbons (Fsp3) is 0.615. The molecule has 1 heterocycles. The molecule has 0 spiro atoms. The molecule has 0 unspecified atom stereocenters. The van der Waals surface area contributed by atoms with Crippen molar-refractivity contribution in [3.63, 3.8) is 0 Å². The van der Waals surface area contributed by atoms with Crippen molar-refractivity contribution in [3.05, 3.63) is 24.2 Å². The van der Waals surface area contributed by atoms with Crippen LogP contribution in [0.3, 0.4) is 0 Å². The number of sulfonamides is 1. The zero-order valence-corrected chi connectivity index (χ0v) is 13.2. The Balaban J connectivity index is 2.49. The summed E-state index contributed by atoms with van der Waals surface area (Å²) in [7, 11) is -3.34. The van der Waals surface area contributed by atoms with E-state index >= 15 is 0 Å². The third-order valence-electron chi connectivity index (χ3n) is 2.73. The summed E-state index contributed by atoms with van der Waals surface area (Å²) in [6, 6.07) is 3.50. The number of nitrogens with zero attached hydrogens (tertiary/aromatic N) is 1. The molecule has 1 N–H and O–H groups in total. The molecule has 1 rings (SSSR count). The van der Waals surface area contributed by atoms with Crippen molar-refractivity contribution in [3.8, 4) is 0 Å². The Kier molecular flexibility index (Phi) is 5.35. The molecule has 0 aliphatic heterocycles. The van der Waals surface area contributed by atoms with E-state index in [9.17, 15) is 13.2 Å². The Morgan fingerprint density at radius 2 is 2.05 bits per heavy atom. The van der Waals surface area contributed by atoms with Gasteiger partial charge in [-0.1, -0.05) is 0 Å². The molecule has 6 nitrogen and oxygen atoms in total. The van der Waals surface area contributed by atoms with Crippen LogP contribution in [-0.2, 0) is 21.4 Å². The van der Waals surface area contributed by atoms with E-state index in [0.717, 1.165) is 6.26 Å². The van der Waals surface area contributed by atoms with Gasteiger partial charge < -0.3 is 9.73 Å². The van der Waals surface area contributed by atoms with Gasteiger partial charge in [-0.25, -0.2) is 8.42 Å². The fourth-order valence-corrected chi connectivity index (χ4v) is 3.31. The van der Waals surface area contributed by atoms with E-state index in [4.69, 9.17) is 4.42 Å². The Labute approximate surface area is 120 Å². The molecule has 0 aliphatic carbocycles. The molecule has 7 heteroatoms. The first kappa shape index (κ1) is 16.7. The van der Waals surface area contributed by atoms with Crippen LogP contribution < -0.4 is 5.32 Å². The quantitative estimate of drug-likeness (QED) is 0.860. The minimum Gasteiger partial charge on any atom is -0.467 e. The summed E-state index contributed by atoms with van der Waals surface area (Å²) < 4.78 is 29.9. The molecular formula is C13H22N2O4S. The Bertz CT molecular complexity index is 529. The number of hydrogen-bond donors (Lipinski definition) is 1. The minimum absolute atomic E-state index is 0.116. The lowest BCUT2D eigenvalue weighted by Crippen LogP contribution is -2.46. The van der Waals surface area contributed by atoms with E-state index < -0.39 is 15.6 Å². The van der Waals surface area contributed by atoms with Gasteiger partial charge in [0.2, 0.25) is 15.9 Å². The molecule has 1 amide bonds. The average Bonchev–Trinajstić information content (AvgIpc) is 2.75. The maximum absolute atomic E-state index is 11.7. The molecule has 0 fully saturated rings. The maximum Gasteiger partial charge on any atom is 0.221 e. The highest BCUT2D eigenvalue weighted by molar-refractivity contribution is 7.88. The number of carbonyl (C=O) groups excluding carboxylic acids is 1. The highest BCUT2D eigenvalue weighted by Crippen LogP contribution is 2.17.